The molecule has 0 saturated carbocycles. The van der Waals surface area contributed by atoms with E-state index in [1.54, 1.807) is 6.33 Å². The molecule has 3 heterocycles. The number of benzene rings is 2. The van der Waals surface area contributed by atoms with Gasteiger partial charge >= 0.3 is 0 Å². The van der Waals surface area contributed by atoms with E-state index in [0.717, 1.165) is 22.7 Å². The summed E-state index contributed by atoms with van der Waals surface area (Å²) in [6, 6.07) is 17.9. The van der Waals surface area contributed by atoms with Crippen LogP contribution in [-0.2, 0) is 0 Å². The quantitative estimate of drug-likeness (QED) is 0.661. The van der Waals surface area contributed by atoms with Crippen LogP contribution in [0, 0.1) is 0 Å². The molecular formula is C22H23N3O. The Labute approximate surface area is 153 Å². The molecule has 2 atom stereocenters. The SMILES string of the molecule is c1ccc2c(Oc3ccc([C@H]4CC[C@H]5CCCCN54)cc3)ncnc2c1. The van der Waals surface area contributed by atoms with Gasteiger partial charge in [-0.2, -0.15) is 0 Å². The van der Waals surface area contributed by atoms with E-state index in [9.17, 15) is 0 Å². The van der Waals surface area contributed by atoms with Crippen LogP contribution in [0.2, 0.25) is 0 Å². The number of fused-ring (bicyclic) bond motifs is 2. The normalized spacial score (nSPS) is 23.1. The summed E-state index contributed by atoms with van der Waals surface area (Å²) in [6.07, 6.45) is 8.29. The van der Waals surface area contributed by atoms with Crippen LogP contribution < -0.4 is 4.74 Å². The van der Waals surface area contributed by atoms with E-state index in [1.807, 2.05) is 24.3 Å². The van der Waals surface area contributed by atoms with Gasteiger partial charge in [-0.1, -0.05) is 30.7 Å². The summed E-state index contributed by atoms with van der Waals surface area (Å²) in [5, 5.41) is 0.936. The van der Waals surface area contributed by atoms with Gasteiger partial charge in [0.05, 0.1) is 10.9 Å². The van der Waals surface area contributed by atoms with E-state index < -0.39 is 0 Å². The lowest BCUT2D eigenvalue weighted by Crippen LogP contribution is -2.35. The molecule has 4 nitrogen and oxygen atoms in total. The van der Waals surface area contributed by atoms with Crippen LogP contribution in [0.4, 0.5) is 0 Å². The van der Waals surface area contributed by atoms with E-state index in [4.69, 9.17) is 4.74 Å². The zero-order chi connectivity index (χ0) is 17.3. The van der Waals surface area contributed by atoms with Crippen LogP contribution in [0.5, 0.6) is 11.6 Å². The highest BCUT2D eigenvalue weighted by atomic mass is 16.5. The van der Waals surface area contributed by atoms with Crippen molar-refractivity contribution in [3.63, 3.8) is 0 Å². The molecule has 4 heteroatoms. The number of piperidine rings is 1. The van der Waals surface area contributed by atoms with Gasteiger partial charge in [-0.15, -0.1) is 0 Å². The fourth-order valence-corrected chi connectivity index (χ4v) is 4.55. The molecule has 2 saturated heterocycles. The lowest BCUT2D eigenvalue weighted by molar-refractivity contribution is 0.150. The van der Waals surface area contributed by atoms with E-state index in [1.165, 1.54) is 44.2 Å². The zero-order valence-corrected chi connectivity index (χ0v) is 14.8. The zero-order valence-electron chi connectivity index (χ0n) is 14.8. The van der Waals surface area contributed by atoms with E-state index in [-0.39, 0.29) is 0 Å². The van der Waals surface area contributed by atoms with Crippen molar-refractivity contribution in [2.75, 3.05) is 6.54 Å². The Hall–Kier alpha value is -2.46. The van der Waals surface area contributed by atoms with Gasteiger partial charge in [0.2, 0.25) is 5.88 Å². The summed E-state index contributed by atoms with van der Waals surface area (Å²) in [5.41, 5.74) is 2.31. The first-order valence-corrected chi connectivity index (χ1v) is 9.62. The molecule has 0 aliphatic carbocycles. The van der Waals surface area contributed by atoms with Crippen molar-refractivity contribution in [2.45, 2.75) is 44.2 Å². The molecule has 2 aliphatic rings. The first-order valence-electron chi connectivity index (χ1n) is 9.62. The molecule has 0 radical (unpaired) electrons. The molecule has 5 rings (SSSR count). The first-order chi connectivity index (χ1) is 12.9. The maximum absolute atomic E-state index is 6.05. The lowest BCUT2D eigenvalue weighted by Gasteiger charge is -2.34. The second kappa shape index (κ2) is 6.69. The molecule has 0 bridgehead atoms. The minimum Gasteiger partial charge on any atom is -0.438 e. The number of nitrogens with zero attached hydrogens (tertiary/aromatic N) is 3. The molecule has 1 aromatic heterocycles. The molecule has 2 fully saturated rings. The highest BCUT2D eigenvalue weighted by Gasteiger charge is 2.35. The molecule has 26 heavy (non-hydrogen) atoms. The van der Waals surface area contributed by atoms with Gasteiger partial charge in [0, 0.05) is 12.1 Å². The van der Waals surface area contributed by atoms with Gasteiger partial charge in [-0.3, -0.25) is 4.90 Å². The molecular weight excluding hydrogens is 322 g/mol. The van der Waals surface area contributed by atoms with Crippen LogP contribution in [0.25, 0.3) is 10.9 Å². The van der Waals surface area contributed by atoms with Gasteiger partial charge in [-0.05, 0) is 62.1 Å². The van der Waals surface area contributed by atoms with E-state index in [0.29, 0.717) is 11.9 Å². The summed E-state index contributed by atoms with van der Waals surface area (Å²) in [6.45, 7) is 1.25. The lowest BCUT2D eigenvalue weighted by atomic mass is 10.0. The number of rotatable bonds is 3. The fourth-order valence-electron chi connectivity index (χ4n) is 4.55. The van der Waals surface area contributed by atoms with Crippen LogP contribution in [0.15, 0.2) is 54.9 Å². The maximum Gasteiger partial charge on any atom is 0.230 e. The van der Waals surface area contributed by atoms with Gasteiger partial charge in [-0.25, -0.2) is 9.97 Å². The van der Waals surface area contributed by atoms with Crippen LogP contribution in [-0.4, -0.2) is 27.5 Å². The minimum atomic E-state index is 0.578. The number of aromatic nitrogens is 2. The largest absolute Gasteiger partial charge is 0.438 e. The Morgan fingerprint density at radius 2 is 1.77 bits per heavy atom. The van der Waals surface area contributed by atoms with Crippen molar-refractivity contribution in [3.05, 3.63) is 60.4 Å². The number of para-hydroxylation sites is 1. The molecule has 3 aromatic rings. The van der Waals surface area contributed by atoms with Crippen molar-refractivity contribution in [1.82, 2.24) is 14.9 Å². The molecule has 0 spiro atoms. The van der Waals surface area contributed by atoms with E-state index in [2.05, 4.69) is 39.1 Å². The predicted octanol–water partition coefficient (Wildman–Crippen LogP) is 5.11. The van der Waals surface area contributed by atoms with Crippen molar-refractivity contribution < 1.29 is 4.74 Å². The average molecular weight is 345 g/mol. The highest BCUT2D eigenvalue weighted by Crippen LogP contribution is 2.40. The van der Waals surface area contributed by atoms with Gasteiger partial charge < -0.3 is 4.74 Å². The second-order valence-corrected chi connectivity index (χ2v) is 7.35. The Morgan fingerprint density at radius 3 is 2.69 bits per heavy atom. The molecule has 132 valence electrons. The van der Waals surface area contributed by atoms with Gasteiger partial charge in [0.25, 0.3) is 0 Å². The molecule has 2 aliphatic heterocycles. The monoisotopic (exact) mass is 345 g/mol. The Bertz CT molecular complexity index is 903. The van der Waals surface area contributed by atoms with Gasteiger partial charge in [0.15, 0.2) is 0 Å². The summed E-state index contributed by atoms with van der Waals surface area (Å²) < 4.78 is 6.05. The molecule has 0 amide bonds. The third kappa shape index (κ3) is 2.84. The van der Waals surface area contributed by atoms with Crippen molar-refractivity contribution >= 4 is 10.9 Å². The smallest absolute Gasteiger partial charge is 0.230 e. The van der Waals surface area contributed by atoms with Crippen LogP contribution in [0.1, 0.15) is 43.7 Å². The predicted molar refractivity (Wildman–Crippen MR) is 102 cm³/mol. The fraction of sp³-hybridized carbons (Fsp3) is 0.364. The van der Waals surface area contributed by atoms with Crippen LogP contribution in [0.3, 0.4) is 0 Å². The average Bonchev–Trinajstić information content (AvgIpc) is 3.13. The molecule has 2 aromatic carbocycles. The number of ether oxygens (including phenoxy) is 1. The second-order valence-electron chi connectivity index (χ2n) is 7.35. The number of hydrogen-bond acceptors (Lipinski definition) is 4. The highest BCUT2D eigenvalue weighted by molar-refractivity contribution is 5.83. The van der Waals surface area contributed by atoms with E-state index >= 15 is 0 Å². The third-order valence-corrected chi connectivity index (χ3v) is 5.83. The standard InChI is InChI=1S/C22H23N3O/c1-2-7-20-19(6-1)22(24-15-23-20)26-18-11-8-16(9-12-18)21-13-10-17-5-3-4-14-25(17)21/h1-2,6-9,11-12,15,17,21H,3-5,10,13-14H2/t17-,21-/m1/s1. The first kappa shape index (κ1) is 15.8. The van der Waals surface area contributed by atoms with Crippen molar-refractivity contribution in [2.24, 2.45) is 0 Å². The third-order valence-electron chi connectivity index (χ3n) is 5.83. The van der Waals surface area contributed by atoms with Crippen molar-refractivity contribution in [1.29, 1.82) is 0 Å². The maximum atomic E-state index is 6.05. The summed E-state index contributed by atoms with van der Waals surface area (Å²) >= 11 is 0. The Kier molecular flexibility index (Phi) is 4.06. The minimum absolute atomic E-state index is 0.578. The molecule has 0 unspecified atom stereocenters. The summed E-state index contributed by atoms with van der Waals surface area (Å²) in [5.74, 6) is 1.44. The Balaban J connectivity index is 1.37. The summed E-state index contributed by atoms with van der Waals surface area (Å²) in [4.78, 5) is 11.3. The molecule has 0 N–H and O–H groups in total. The number of hydrogen-bond donors (Lipinski definition) is 0. The topological polar surface area (TPSA) is 38.2 Å². The van der Waals surface area contributed by atoms with Gasteiger partial charge in [0.1, 0.15) is 12.1 Å². The summed E-state index contributed by atoms with van der Waals surface area (Å²) in [7, 11) is 0. The van der Waals surface area contributed by atoms with Crippen molar-refractivity contribution in [3.8, 4) is 11.6 Å². The van der Waals surface area contributed by atoms with Crippen LogP contribution >= 0.6 is 0 Å². The Morgan fingerprint density at radius 1 is 0.885 bits per heavy atom.